The average Bonchev–Trinajstić information content (AvgIpc) is 3.16. The van der Waals surface area contributed by atoms with Crippen LogP contribution < -0.4 is 0 Å². The van der Waals surface area contributed by atoms with Crippen LogP contribution in [0.4, 0.5) is 0 Å². The molecule has 0 fully saturated rings. The predicted octanol–water partition coefficient (Wildman–Crippen LogP) is 3.31. The van der Waals surface area contributed by atoms with E-state index in [1.807, 2.05) is 60.7 Å². The molecule has 0 aromatic heterocycles. The van der Waals surface area contributed by atoms with Crippen LogP contribution in [0.3, 0.4) is 0 Å². The summed E-state index contributed by atoms with van der Waals surface area (Å²) in [6.45, 7) is 0. The number of rotatable bonds is 3. The van der Waals surface area contributed by atoms with Crippen molar-refractivity contribution < 1.29 is 9.90 Å². The highest BCUT2D eigenvalue weighted by Crippen LogP contribution is 2.53. The van der Waals surface area contributed by atoms with Crippen LogP contribution in [-0.2, 0) is 4.79 Å². The monoisotopic (exact) mass is 236 g/mol. The molecule has 2 heteroatoms. The molecular formula is C16H12O2. The Bertz CT molecular complexity index is 563. The number of carbonyl (C=O) groups is 1. The summed E-state index contributed by atoms with van der Waals surface area (Å²) in [5.41, 5.74) is 3.89. The summed E-state index contributed by atoms with van der Waals surface area (Å²) in [4.78, 5) is 11.3. The van der Waals surface area contributed by atoms with Gasteiger partial charge in [-0.1, -0.05) is 60.7 Å². The quantitative estimate of drug-likeness (QED) is 0.887. The van der Waals surface area contributed by atoms with Crippen molar-refractivity contribution in [1.82, 2.24) is 0 Å². The van der Waals surface area contributed by atoms with Crippen LogP contribution in [-0.4, -0.2) is 11.1 Å². The van der Waals surface area contributed by atoms with Crippen LogP contribution in [0.1, 0.15) is 11.1 Å². The predicted molar refractivity (Wildman–Crippen MR) is 70.8 cm³/mol. The van der Waals surface area contributed by atoms with Crippen molar-refractivity contribution >= 4 is 17.1 Å². The molecule has 3 rings (SSSR count). The van der Waals surface area contributed by atoms with Crippen LogP contribution in [0.15, 0.2) is 60.7 Å². The third-order valence-corrected chi connectivity index (χ3v) is 3.20. The minimum absolute atomic E-state index is 0.449. The van der Waals surface area contributed by atoms with E-state index in [1.165, 1.54) is 0 Å². The molecule has 2 aromatic carbocycles. The van der Waals surface area contributed by atoms with Crippen LogP contribution in [0.5, 0.6) is 0 Å². The largest absolute Gasteiger partial charge is 0.481 e. The van der Waals surface area contributed by atoms with Crippen LogP contribution in [0.2, 0.25) is 0 Å². The highest BCUT2D eigenvalue weighted by Gasteiger charge is 2.43. The molecular weight excluding hydrogens is 224 g/mol. The van der Waals surface area contributed by atoms with E-state index in [2.05, 4.69) is 0 Å². The molecule has 1 aliphatic rings. The standard InChI is InChI=1S/C16H12O2/c17-16(18)15-13(11-7-3-1-4-8-11)14(15)12-9-5-2-6-10-12/h1-10,15H,(H,17,18). The molecule has 1 aliphatic carbocycles. The summed E-state index contributed by atoms with van der Waals surface area (Å²) in [5, 5.41) is 9.28. The molecule has 88 valence electrons. The van der Waals surface area contributed by atoms with Gasteiger partial charge in [0.25, 0.3) is 0 Å². The Balaban J connectivity index is 2.05. The third-order valence-electron chi connectivity index (χ3n) is 3.20. The van der Waals surface area contributed by atoms with Gasteiger partial charge in [-0.15, -0.1) is 0 Å². The van der Waals surface area contributed by atoms with Crippen LogP contribution >= 0.6 is 0 Å². The van der Waals surface area contributed by atoms with E-state index in [4.69, 9.17) is 0 Å². The third kappa shape index (κ3) is 1.72. The van der Waals surface area contributed by atoms with Gasteiger partial charge < -0.3 is 5.11 Å². The number of hydrogen-bond donors (Lipinski definition) is 1. The molecule has 2 aromatic rings. The van der Waals surface area contributed by atoms with E-state index in [0.29, 0.717) is 0 Å². The van der Waals surface area contributed by atoms with E-state index in [0.717, 1.165) is 22.3 Å². The molecule has 0 amide bonds. The maximum atomic E-state index is 11.3. The van der Waals surface area contributed by atoms with Crippen molar-refractivity contribution in [2.75, 3.05) is 0 Å². The smallest absolute Gasteiger partial charge is 0.315 e. The van der Waals surface area contributed by atoms with E-state index in [-0.39, 0.29) is 0 Å². The summed E-state index contributed by atoms with van der Waals surface area (Å²) in [5.74, 6) is -1.22. The number of aliphatic carboxylic acids is 1. The minimum Gasteiger partial charge on any atom is -0.481 e. The van der Waals surface area contributed by atoms with Gasteiger partial charge in [0.1, 0.15) is 5.92 Å². The molecule has 0 spiro atoms. The molecule has 0 radical (unpaired) electrons. The van der Waals surface area contributed by atoms with Crippen molar-refractivity contribution in [2.24, 2.45) is 5.92 Å². The first kappa shape index (κ1) is 10.8. The van der Waals surface area contributed by atoms with E-state index >= 15 is 0 Å². The van der Waals surface area contributed by atoms with Crippen LogP contribution in [0, 0.1) is 5.92 Å². The lowest BCUT2D eigenvalue weighted by atomic mass is 10.1. The average molecular weight is 236 g/mol. The zero-order valence-corrected chi connectivity index (χ0v) is 9.71. The van der Waals surface area contributed by atoms with Gasteiger partial charge in [0.15, 0.2) is 0 Å². The maximum absolute atomic E-state index is 11.3. The molecule has 18 heavy (non-hydrogen) atoms. The Kier molecular flexibility index (Phi) is 2.49. The SMILES string of the molecule is O=C(O)C1C(c2ccccc2)=C1c1ccccc1. The van der Waals surface area contributed by atoms with Crippen molar-refractivity contribution in [2.45, 2.75) is 0 Å². The van der Waals surface area contributed by atoms with Gasteiger partial charge in [-0.3, -0.25) is 4.79 Å². The summed E-state index contributed by atoms with van der Waals surface area (Å²) < 4.78 is 0. The van der Waals surface area contributed by atoms with Gasteiger partial charge in [0, 0.05) is 0 Å². The Morgan fingerprint density at radius 3 is 1.50 bits per heavy atom. The Morgan fingerprint density at radius 1 is 0.778 bits per heavy atom. The first-order valence-corrected chi connectivity index (χ1v) is 5.87. The van der Waals surface area contributed by atoms with E-state index < -0.39 is 11.9 Å². The molecule has 0 saturated heterocycles. The van der Waals surface area contributed by atoms with Gasteiger partial charge in [0.2, 0.25) is 0 Å². The minimum atomic E-state index is -0.771. The summed E-state index contributed by atoms with van der Waals surface area (Å²) in [6, 6.07) is 19.4. The lowest BCUT2D eigenvalue weighted by molar-refractivity contribution is -0.137. The lowest BCUT2D eigenvalue weighted by Crippen LogP contribution is -2.01. The van der Waals surface area contributed by atoms with Gasteiger partial charge in [0.05, 0.1) is 0 Å². The summed E-state index contributed by atoms with van der Waals surface area (Å²) >= 11 is 0. The maximum Gasteiger partial charge on any atom is 0.315 e. The fourth-order valence-corrected chi connectivity index (χ4v) is 2.35. The molecule has 0 unspecified atom stereocenters. The highest BCUT2D eigenvalue weighted by molar-refractivity contribution is 6.21. The number of carboxylic acid groups (broad SMARTS) is 1. The second kappa shape index (κ2) is 4.15. The molecule has 2 nitrogen and oxygen atoms in total. The molecule has 1 N–H and O–H groups in total. The van der Waals surface area contributed by atoms with Crippen molar-refractivity contribution in [3.63, 3.8) is 0 Å². The molecule has 0 bridgehead atoms. The second-order valence-electron chi connectivity index (χ2n) is 4.33. The first-order valence-electron chi connectivity index (χ1n) is 5.87. The Hall–Kier alpha value is -2.35. The first-order chi connectivity index (χ1) is 8.79. The van der Waals surface area contributed by atoms with Gasteiger partial charge in [-0.2, -0.15) is 0 Å². The topological polar surface area (TPSA) is 37.3 Å². The van der Waals surface area contributed by atoms with Crippen molar-refractivity contribution in [3.8, 4) is 0 Å². The molecule has 0 heterocycles. The fourth-order valence-electron chi connectivity index (χ4n) is 2.35. The number of hydrogen-bond acceptors (Lipinski definition) is 1. The zero-order valence-electron chi connectivity index (χ0n) is 9.71. The van der Waals surface area contributed by atoms with Gasteiger partial charge in [-0.05, 0) is 22.3 Å². The van der Waals surface area contributed by atoms with Crippen LogP contribution in [0.25, 0.3) is 11.1 Å². The number of benzene rings is 2. The Morgan fingerprint density at radius 2 is 1.17 bits per heavy atom. The summed E-state index contributed by atoms with van der Waals surface area (Å²) in [6.07, 6.45) is 0. The van der Waals surface area contributed by atoms with Crippen molar-refractivity contribution in [3.05, 3.63) is 71.8 Å². The second-order valence-corrected chi connectivity index (χ2v) is 4.33. The normalized spacial score (nSPS) is 14.7. The fraction of sp³-hybridized carbons (Fsp3) is 0.0625. The van der Waals surface area contributed by atoms with Crippen molar-refractivity contribution in [1.29, 1.82) is 0 Å². The van der Waals surface area contributed by atoms with E-state index in [1.54, 1.807) is 0 Å². The Labute approximate surface area is 105 Å². The molecule has 0 saturated carbocycles. The summed E-state index contributed by atoms with van der Waals surface area (Å²) in [7, 11) is 0. The molecule has 0 atom stereocenters. The lowest BCUT2D eigenvalue weighted by Gasteiger charge is -1.95. The number of carboxylic acids is 1. The van der Waals surface area contributed by atoms with Gasteiger partial charge in [-0.25, -0.2) is 0 Å². The zero-order chi connectivity index (χ0) is 12.5. The van der Waals surface area contributed by atoms with Gasteiger partial charge >= 0.3 is 5.97 Å². The highest BCUT2D eigenvalue weighted by atomic mass is 16.4. The molecule has 0 aliphatic heterocycles. The van der Waals surface area contributed by atoms with E-state index in [9.17, 15) is 9.90 Å².